The van der Waals surface area contributed by atoms with Crippen molar-refractivity contribution >= 4 is 55.4 Å². The molecule has 3 heterocycles. The molecular formula is C51H35N5. The average Bonchev–Trinajstić information content (AvgIpc) is 3.80. The minimum absolute atomic E-state index is 0.325. The number of aromatic nitrogens is 2. The molecule has 0 amide bonds. The second-order valence-corrected chi connectivity index (χ2v) is 14.3. The number of benzene rings is 8. The van der Waals surface area contributed by atoms with Crippen molar-refractivity contribution in [3.8, 4) is 27.9 Å². The Hall–Kier alpha value is -7.50. The highest BCUT2D eigenvalue weighted by molar-refractivity contribution is 6.26. The fraction of sp³-hybridized carbons (Fsp3) is 0.0196. The molecule has 0 saturated carbocycles. The predicted octanol–water partition coefficient (Wildman–Crippen LogP) is 12.2. The van der Waals surface area contributed by atoms with Crippen LogP contribution in [0.4, 0.5) is 0 Å². The maximum atomic E-state index is 5.38. The molecular weight excluding hydrogens is 683 g/mol. The molecule has 0 spiro atoms. The van der Waals surface area contributed by atoms with Crippen LogP contribution in [0.5, 0.6) is 0 Å². The number of hydrogen-bond donors (Lipinski definition) is 1. The third-order valence-corrected chi connectivity index (χ3v) is 11.0. The van der Waals surface area contributed by atoms with Gasteiger partial charge in [-0.3, -0.25) is 4.57 Å². The largest absolute Gasteiger partial charge is 0.344 e. The molecule has 2 aromatic heterocycles. The first-order chi connectivity index (χ1) is 27.8. The van der Waals surface area contributed by atoms with E-state index in [1.54, 1.807) is 0 Å². The van der Waals surface area contributed by atoms with Crippen LogP contribution in [0.3, 0.4) is 0 Å². The van der Waals surface area contributed by atoms with Gasteiger partial charge in [0.2, 0.25) is 5.96 Å². The van der Waals surface area contributed by atoms with E-state index in [1.165, 1.54) is 33.0 Å². The summed E-state index contributed by atoms with van der Waals surface area (Å²) in [4.78, 5) is 10.7. The summed E-state index contributed by atoms with van der Waals surface area (Å²) in [7, 11) is 0. The molecule has 10 aromatic rings. The number of hydrogen-bond acceptors (Lipinski definition) is 3. The molecule has 56 heavy (non-hydrogen) atoms. The van der Waals surface area contributed by atoms with Crippen LogP contribution in [0.15, 0.2) is 210 Å². The van der Waals surface area contributed by atoms with E-state index >= 15 is 0 Å². The van der Waals surface area contributed by atoms with E-state index in [1.807, 2.05) is 12.1 Å². The van der Waals surface area contributed by atoms with Crippen LogP contribution >= 0.6 is 0 Å². The molecule has 1 aliphatic heterocycles. The summed E-state index contributed by atoms with van der Waals surface area (Å²) in [6, 6.07) is 71.0. The smallest absolute Gasteiger partial charge is 0.234 e. The van der Waals surface area contributed by atoms with Gasteiger partial charge < -0.3 is 9.88 Å². The van der Waals surface area contributed by atoms with Crippen molar-refractivity contribution in [2.75, 3.05) is 0 Å². The van der Waals surface area contributed by atoms with Crippen LogP contribution < -0.4 is 5.32 Å². The number of nitrogens with one attached hydrogen (secondary N) is 1. The molecule has 0 bridgehead atoms. The Morgan fingerprint density at radius 2 is 0.821 bits per heavy atom. The Morgan fingerprint density at radius 1 is 0.375 bits per heavy atom. The molecule has 11 rings (SSSR count). The van der Waals surface area contributed by atoms with Gasteiger partial charge in [0.25, 0.3) is 0 Å². The first-order valence-electron chi connectivity index (χ1n) is 19.0. The van der Waals surface area contributed by atoms with E-state index in [0.717, 1.165) is 55.5 Å². The van der Waals surface area contributed by atoms with Gasteiger partial charge in [-0.15, -0.1) is 0 Å². The Balaban J connectivity index is 1.14. The number of rotatable bonds is 5. The summed E-state index contributed by atoms with van der Waals surface area (Å²) < 4.78 is 4.70. The summed E-state index contributed by atoms with van der Waals surface area (Å²) in [6.45, 7) is 0. The summed E-state index contributed by atoms with van der Waals surface area (Å²) in [5.74, 6) is 1.43. The fourth-order valence-electron chi connectivity index (χ4n) is 8.35. The van der Waals surface area contributed by atoms with Crippen molar-refractivity contribution in [1.82, 2.24) is 14.5 Å². The molecule has 0 saturated heterocycles. The average molecular weight is 718 g/mol. The summed E-state index contributed by atoms with van der Waals surface area (Å²) >= 11 is 0. The van der Waals surface area contributed by atoms with Crippen molar-refractivity contribution in [3.63, 3.8) is 0 Å². The maximum Gasteiger partial charge on any atom is 0.234 e. The summed E-state index contributed by atoms with van der Waals surface area (Å²) in [6.07, 6.45) is -0.325. The Morgan fingerprint density at radius 3 is 1.41 bits per heavy atom. The molecule has 0 aliphatic carbocycles. The van der Waals surface area contributed by atoms with Crippen molar-refractivity contribution in [3.05, 3.63) is 211 Å². The third-order valence-electron chi connectivity index (χ3n) is 11.0. The minimum Gasteiger partial charge on any atom is -0.344 e. The van der Waals surface area contributed by atoms with Gasteiger partial charge in [-0.05, 0) is 52.1 Å². The van der Waals surface area contributed by atoms with Gasteiger partial charge >= 0.3 is 0 Å². The minimum atomic E-state index is -0.325. The van der Waals surface area contributed by atoms with Crippen LogP contribution in [0, 0.1) is 0 Å². The van der Waals surface area contributed by atoms with Crippen LogP contribution in [0.1, 0.15) is 17.3 Å². The van der Waals surface area contributed by atoms with Crippen molar-refractivity contribution in [2.45, 2.75) is 6.17 Å². The standard InChI is InChI=1S/C51H35N5/c1-4-14-34(15-5-1)35-24-26-36(27-25-35)37-28-30-40(31-29-37)55-45-22-12-10-20-41(45)43-32-33-44-42-21-11-13-23-46(42)56(48(44)47(43)55)51-53-49(38-16-6-2-7-17-38)52-50(54-51)39-18-8-3-9-19-39/h1-33,49H,(H,52,53,54). The van der Waals surface area contributed by atoms with Crippen molar-refractivity contribution in [2.24, 2.45) is 9.98 Å². The highest BCUT2D eigenvalue weighted by Crippen LogP contribution is 2.41. The zero-order valence-corrected chi connectivity index (χ0v) is 30.4. The fourth-order valence-corrected chi connectivity index (χ4v) is 8.35. The van der Waals surface area contributed by atoms with E-state index < -0.39 is 0 Å². The lowest BCUT2D eigenvalue weighted by Crippen LogP contribution is -2.35. The number of para-hydroxylation sites is 2. The Kier molecular flexibility index (Phi) is 7.49. The van der Waals surface area contributed by atoms with Gasteiger partial charge in [0.15, 0.2) is 0 Å². The van der Waals surface area contributed by atoms with E-state index in [-0.39, 0.29) is 6.17 Å². The number of fused-ring (bicyclic) bond motifs is 7. The summed E-state index contributed by atoms with van der Waals surface area (Å²) in [5.41, 5.74) is 12.4. The van der Waals surface area contributed by atoms with Crippen LogP contribution in [0.25, 0.3) is 71.6 Å². The van der Waals surface area contributed by atoms with E-state index in [2.05, 4.69) is 203 Å². The second kappa shape index (κ2) is 13.1. The number of nitrogens with zero attached hydrogens (tertiary/aromatic N) is 4. The van der Waals surface area contributed by atoms with Gasteiger partial charge in [0.1, 0.15) is 12.0 Å². The highest BCUT2D eigenvalue weighted by Gasteiger charge is 2.26. The molecule has 8 aromatic carbocycles. The van der Waals surface area contributed by atoms with Gasteiger partial charge in [-0.1, -0.05) is 176 Å². The molecule has 5 nitrogen and oxygen atoms in total. The lowest BCUT2D eigenvalue weighted by Gasteiger charge is -2.24. The number of aliphatic imine (C=N–C) groups is 2. The molecule has 0 radical (unpaired) electrons. The first kappa shape index (κ1) is 32.0. The quantitative estimate of drug-likeness (QED) is 0.189. The Bertz CT molecular complexity index is 3120. The zero-order valence-electron chi connectivity index (χ0n) is 30.4. The van der Waals surface area contributed by atoms with Gasteiger partial charge in [0.05, 0.1) is 22.1 Å². The Labute approximate surface area is 324 Å². The second-order valence-electron chi connectivity index (χ2n) is 14.3. The van der Waals surface area contributed by atoms with Gasteiger partial charge in [-0.2, -0.15) is 4.99 Å². The van der Waals surface area contributed by atoms with Crippen molar-refractivity contribution < 1.29 is 0 Å². The van der Waals surface area contributed by atoms with Gasteiger partial charge in [-0.25, -0.2) is 4.99 Å². The molecule has 1 unspecified atom stereocenters. The van der Waals surface area contributed by atoms with Crippen LogP contribution in [-0.4, -0.2) is 20.9 Å². The first-order valence-corrected chi connectivity index (χ1v) is 19.0. The zero-order chi connectivity index (χ0) is 37.0. The van der Waals surface area contributed by atoms with Crippen LogP contribution in [0.2, 0.25) is 0 Å². The molecule has 1 N–H and O–H groups in total. The van der Waals surface area contributed by atoms with E-state index in [4.69, 9.17) is 9.98 Å². The lowest BCUT2D eigenvalue weighted by molar-refractivity contribution is 0.668. The predicted molar refractivity (Wildman–Crippen MR) is 233 cm³/mol. The molecule has 1 aliphatic rings. The van der Waals surface area contributed by atoms with E-state index in [9.17, 15) is 0 Å². The van der Waals surface area contributed by atoms with Crippen molar-refractivity contribution in [1.29, 1.82) is 0 Å². The topological polar surface area (TPSA) is 46.6 Å². The third kappa shape index (κ3) is 5.24. The number of amidine groups is 1. The highest BCUT2D eigenvalue weighted by atomic mass is 15.3. The SMILES string of the molecule is c1ccc(C2=NC(n3c4ccccc4c4ccc5c6ccccc6n(-c6ccc(-c7ccc(-c8ccccc8)cc7)cc6)c5c43)=NC(c3ccccc3)N2)cc1. The van der Waals surface area contributed by atoms with Crippen LogP contribution in [-0.2, 0) is 0 Å². The molecule has 264 valence electrons. The summed E-state index contributed by atoms with van der Waals surface area (Å²) in [5, 5.41) is 8.33. The molecule has 5 heteroatoms. The molecule has 1 atom stereocenters. The monoisotopic (exact) mass is 717 g/mol. The molecule has 0 fully saturated rings. The van der Waals surface area contributed by atoms with E-state index in [0.29, 0.717) is 5.96 Å². The van der Waals surface area contributed by atoms with Gasteiger partial charge in [0, 0.05) is 32.8 Å². The normalized spacial score (nSPS) is 14.2. The lowest BCUT2D eigenvalue weighted by atomic mass is 10.0. The maximum absolute atomic E-state index is 5.38.